The number of hydrogen-bond acceptors (Lipinski definition) is 2. The number of rotatable bonds is 3. The van der Waals surface area contributed by atoms with Gasteiger partial charge in [0.1, 0.15) is 11.6 Å². The Morgan fingerprint density at radius 2 is 1.92 bits per heavy atom. The van der Waals surface area contributed by atoms with Crippen molar-refractivity contribution in [1.29, 1.82) is 0 Å². The highest BCUT2D eigenvalue weighted by atomic mass is 79.9. The van der Waals surface area contributed by atoms with Gasteiger partial charge in [0, 0.05) is 28.0 Å². The van der Waals surface area contributed by atoms with E-state index >= 15 is 0 Å². The number of anilines is 2. The molecule has 1 heterocycles. The van der Waals surface area contributed by atoms with Gasteiger partial charge in [0.25, 0.3) is 0 Å². The average Bonchev–Trinajstić information content (AvgIpc) is 2.93. The van der Waals surface area contributed by atoms with Gasteiger partial charge in [-0.05, 0) is 46.3 Å². The van der Waals surface area contributed by atoms with E-state index in [0.717, 1.165) is 10.5 Å². The molecule has 0 aromatic heterocycles. The molecule has 130 valence electrons. The van der Waals surface area contributed by atoms with E-state index in [1.807, 2.05) is 6.07 Å². The molecule has 2 amide bonds. The van der Waals surface area contributed by atoms with Crippen molar-refractivity contribution in [3.05, 3.63) is 57.0 Å². The molecular weight excluding hydrogens is 462 g/mol. The van der Waals surface area contributed by atoms with Crippen LogP contribution < -0.4 is 10.2 Å². The molecule has 1 saturated heterocycles. The number of hydrogen-bond donors (Lipinski definition) is 1. The predicted octanol–water partition coefficient (Wildman–Crippen LogP) is 4.48. The van der Waals surface area contributed by atoms with Crippen LogP contribution in [0.25, 0.3) is 0 Å². The summed E-state index contributed by atoms with van der Waals surface area (Å²) in [6.07, 6.45) is -0.0335. The Bertz CT molecular complexity index is 861. The highest BCUT2D eigenvalue weighted by Gasteiger charge is 2.36. The number of carbonyl (C=O) groups excluding carboxylic acids is 2. The zero-order valence-corrected chi connectivity index (χ0v) is 15.9. The molecule has 1 aliphatic heterocycles. The molecule has 1 aliphatic rings. The molecule has 1 atom stereocenters. The minimum Gasteiger partial charge on any atom is -0.325 e. The maximum Gasteiger partial charge on any atom is 0.229 e. The minimum absolute atomic E-state index is 0.0228. The zero-order valence-electron chi connectivity index (χ0n) is 12.7. The third-order valence-corrected chi connectivity index (χ3v) is 5.07. The monoisotopic (exact) mass is 472 g/mol. The van der Waals surface area contributed by atoms with Crippen LogP contribution in [0.3, 0.4) is 0 Å². The molecule has 3 rings (SSSR count). The van der Waals surface area contributed by atoms with Crippen LogP contribution in [0, 0.1) is 17.6 Å². The first kappa shape index (κ1) is 18.0. The summed E-state index contributed by atoms with van der Waals surface area (Å²) < 4.78 is 28.4. The first-order chi connectivity index (χ1) is 11.8. The number of carbonyl (C=O) groups is 2. The van der Waals surface area contributed by atoms with Gasteiger partial charge in [-0.2, -0.15) is 0 Å². The van der Waals surface area contributed by atoms with Gasteiger partial charge < -0.3 is 10.2 Å². The van der Waals surface area contributed by atoms with Gasteiger partial charge in [-0.1, -0.05) is 15.9 Å². The summed E-state index contributed by atoms with van der Waals surface area (Å²) in [5.41, 5.74) is 0.545. The maximum absolute atomic E-state index is 13.9. The quantitative estimate of drug-likeness (QED) is 0.714. The number of nitrogens with one attached hydrogen (secondary N) is 1. The molecule has 0 spiro atoms. The van der Waals surface area contributed by atoms with Crippen LogP contribution >= 0.6 is 31.9 Å². The average molecular weight is 474 g/mol. The molecule has 1 fully saturated rings. The first-order valence-corrected chi connectivity index (χ1v) is 8.95. The Balaban J connectivity index is 1.75. The molecule has 0 aliphatic carbocycles. The van der Waals surface area contributed by atoms with Crippen LogP contribution in [-0.4, -0.2) is 18.4 Å². The van der Waals surface area contributed by atoms with Gasteiger partial charge in [0.15, 0.2) is 0 Å². The smallest absolute Gasteiger partial charge is 0.229 e. The van der Waals surface area contributed by atoms with E-state index in [0.29, 0.717) is 16.2 Å². The third-order valence-electron chi connectivity index (χ3n) is 3.88. The lowest BCUT2D eigenvalue weighted by molar-refractivity contribution is -0.122. The van der Waals surface area contributed by atoms with Crippen molar-refractivity contribution in [2.24, 2.45) is 5.92 Å². The van der Waals surface area contributed by atoms with E-state index in [9.17, 15) is 18.4 Å². The topological polar surface area (TPSA) is 49.4 Å². The normalized spacial score (nSPS) is 17.0. The van der Waals surface area contributed by atoms with Gasteiger partial charge in [-0.15, -0.1) is 0 Å². The van der Waals surface area contributed by atoms with Crippen molar-refractivity contribution < 1.29 is 18.4 Å². The summed E-state index contributed by atoms with van der Waals surface area (Å²) in [7, 11) is 0. The van der Waals surface area contributed by atoms with E-state index in [-0.39, 0.29) is 30.5 Å². The van der Waals surface area contributed by atoms with Gasteiger partial charge in [-0.25, -0.2) is 8.78 Å². The van der Waals surface area contributed by atoms with Crippen molar-refractivity contribution in [2.75, 3.05) is 16.8 Å². The van der Waals surface area contributed by atoms with Gasteiger partial charge in [-0.3, -0.25) is 9.59 Å². The third kappa shape index (κ3) is 3.90. The zero-order chi connectivity index (χ0) is 18.1. The number of amides is 2. The van der Waals surface area contributed by atoms with Crippen LogP contribution in [0.5, 0.6) is 0 Å². The highest BCUT2D eigenvalue weighted by Crippen LogP contribution is 2.30. The summed E-state index contributed by atoms with van der Waals surface area (Å²) in [5, 5.41) is 2.76. The van der Waals surface area contributed by atoms with Crippen LogP contribution in [0.15, 0.2) is 45.3 Å². The van der Waals surface area contributed by atoms with Gasteiger partial charge in [0.2, 0.25) is 11.8 Å². The fourth-order valence-corrected chi connectivity index (χ4v) is 3.35. The van der Waals surface area contributed by atoms with Crippen molar-refractivity contribution in [3.63, 3.8) is 0 Å². The lowest BCUT2D eigenvalue weighted by Crippen LogP contribution is -2.28. The summed E-state index contributed by atoms with van der Waals surface area (Å²) in [4.78, 5) is 25.8. The Morgan fingerprint density at radius 1 is 1.16 bits per heavy atom. The van der Waals surface area contributed by atoms with Gasteiger partial charge >= 0.3 is 0 Å². The van der Waals surface area contributed by atoms with Crippen LogP contribution in [0.4, 0.5) is 20.2 Å². The van der Waals surface area contributed by atoms with E-state index < -0.39 is 17.6 Å². The van der Waals surface area contributed by atoms with Crippen molar-refractivity contribution in [1.82, 2.24) is 0 Å². The van der Waals surface area contributed by atoms with Crippen molar-refractivity contribution >= 4 is 55.0 Å². The summed E-state index contributed by atoms with van der Waals surface area (Å²) >= 11 is 6.67. The summed E-state index contributed by atoms with van der Waals surface area (Å²) in [6.45, 7) is 0.0405. The second kappa shape index (κ2) is 7.21. The molecule has 0 bridgehead atoms. The molecule has 0 radical (unpaired) electrons. The van der Waals surface area contributed by atoms with E-state index in [1.165, 1.54) is 11.0 Å². The van der Waals surface area contributed by atoms with Crippen molar-refractivity contribution in [2.45, 2.75) is 6.42 Å². The molecule has 4 nitrogen and oxygen atoms in total. The van der Waals surface area contributed by atoms with Gasteiger partial charge in [0.05, 0.1) is 17.3 Å². The SMILES string of the molecule is O=C(Nc1cc(Br)ccc1Br)C1CC(=O)N(c2ccc(F)cc2F)C1. The van der Waals surface area contributed by atoms with Crippen LogP contribution in [-0.2, 0) is 9.59 Å². The Hall–Kier alpha value is -1.80. The molecule has 1 unspecified atom stereocenters. The Morgan fingerprint density at radius 3 is 2.64 bits per heavy atom. The lowest BCUT2D eigenvalue weighted by Gasteiger charge is -2.17. The molecule has 0 saturated carbocycles. The maximum atomic E-state index is 13.9. The number of nitrogens with zero attached hydrogens (tertiary/aromatic N) is 1. The molecule has 25 heavy (non-hydrogen) atoms. The largest absolute Gasteiger partial charge is 0.325 e. The molecule has 2 aromatic carbocycles. The van der Waals surface area contributed by atoms with Crippen LogP contribution in [0.1, 0.15) is 6.42 Å². The Kier molecular flexibility index (Phi) is 5.19. The fourth-order valence-electron chi connectivity index (χ4n) is 2.64. The Labute approximate surface area is 159 Å². The van der Waals surface area contributed by atoms with E-state index in [4.69, 9.17) is 0 Å². The van der Waals surface area contributed by atoms with E-state index in [1.54, 1.807) is 12.1 Å². The standard InChI is InChI=1S/C17H12Br2F2N2O2/c18-10-1-3-12(19)14(6-10)22-17(25)9-5-16(24)23(8-9)15-4-2-11(20)7-13(15)21/h1-4,6-7,9H,5,8H2,(H,22,25). The second-order valence-electron chi connectivity index (χ2n) is 5.61. The lowest BCUT2D eigenvalue weighted by atomic mass is 10.1. The summed E-state index contributed by atoms with van der Waals surface area (Å²) in [5.74, 6) is -2.88. The van der Waals surface area contributed by atoms with Crippen LogP contribution in [0.2, 0.25) is 0 Å². The fraction of sp³-hybridized carbons (Fsp3) is 0.176. The molecule has 8 heteroatoms. The number of benzene rings is 2. The summed E-state index contributed by atoms with van der Waals surface area (Å²) in [6, 6.07) is 8.33. The van der Waals surface area contributed by atoms with Crippen molar-refractivity contribution in [3.8, 4) is 0 Å². The second-order valence-corrected chi connectivity index (χ2v) is 7.38. The molecular formula is C17H12Br2F2N2O2. The molecule has 1 N–H and O–H groups in total. The number of halogens is 4. The molecule has 2 aromatic rings. The minimum atomic E-state index is -0.829. The first-order valence-electron chi connectivity index (χ1n) is 7.36. The highest BCUT2D eigenvalue weighted by molar-refractivity contribution is 9.11. The predicted molar refractivity (Wildman–Crippen MR) is 97.3 cm³/mol. The van der Waals surface area contributed by atoms with E-state index in [2.05, 4.69) is 37.2 Å².